The summed E-state index contributed by atoms with van der Waals surface area (Å²) >= 11 is 0. The van der Waals surface area contributed by atoms with Crippen molar-refractivity contribution in [3.63, 3.8) is 0 Å². The molecule has 3 unspecified atom stereocenters. The molecule has 0 aromatic heterocycles. The number of hydrogen-bond donors (Lipinski definition) is 0. The van der Waals surface area contributed by atoms with Gasteiger partial charge in [0, 0.05) is 0 Å². The van der Waals surface area contributed by atoms with Gasteiger partial charge in [0.15, 0.2) is 9.84 Å². The normalized spacial score (nSPS) is 27.7. The molecule has 19 heavy (non-hydrogen) atoms. The van der Waals surface area contributed by atoms with Crippen LogP contribution >= 0.6 is 0 Å². The first-order valence-corrected chi connectivity index (χ1v) is 7.89. The number of halogens is 1. The van der Waals surface area contributed by atoms with Crippen molar-refractivity contribution in [1.82, 2.24) is 0 Å². The van der Waals surface area contributed by atoms with Gasteiger partial charge in [-0.1, -0.05) is 19.1 Å². The van der Waals surface area contributed by atoms with Gasteiger partial charge >= 0.3 is 0 Å². The Bertz CT molecular complexity index is 606. The zero-order valence-electron chi connectivity index (χ0n) is 10.7. The maximum absolute atomic E-state index is 13.7. The van der Waals surface area contributed by atoms with Crippen LogP contribution in [0.2, 0.25) is 0 Å². The van der Waals surface area contributed by atoms with Gasteiger partial charge in [0.2, 0.25) is 0 Å². The molecule has 3 nitrogen and oxygen atoms in total. The Balaban J connectivity index is 2.44. The molecule has 1 aliphatic carbocycles. The molecular weight excluding hydrogens is 265 g/mol. The number of rotatable bonds is 2. The van der Waals surface area contributed by atoms with Gasteiger partial charge in [-0.25, -0.2) is 12.8 Å². The van der Waals surface area contributed by atoms with Gasteiger partial charge in [-0.15, -0.1) is 0 Å². The molecule has 0 amide bonds. The smallest absolute Gasteiger partial charge is 0.185 e. The minimum absolute atomic E-state index is 0.246. The molecule has 1 aromatic rings. The first kappa shape index (κ1) is 14.0. The Hall–Kier alpha value is -1.41. The Morgan fingerprint density at radius 2 is 2.00 bits per heavy atom. The highest BCUT2D eigenvalue weighted by Crippen LogP contribution is 2.36. The van der Waals surface area contributed by atoms with Crippen LogP contribution < -0.4 is 0 Å². The van der Waals surface area contributed by atoms with Gasteiger partial charge in [0.05, 0.1) is 17.2 Å². The maximum Gasteiger partial charge on any atom is 0.185 e. The summed E-state index contributed by atoms with van der Waals surface area (Å²) in [5, 5.41) is 8.33. The van der Waals surface area contributed by atoms with E-state index in [1.165, 1.54) is 18.2 Å². The van der Waals surface area contributed by atoms with Crippen LogP contribution in [0.3, 0.4) is 0 Å². The standard InChI is InChI=1S/C14H16FNO2S/c1-10-6-7-11(9-16)14(8-10)19(17,18)13-5-3-2-4-12(13)15/h2-5,10-11,14H,6-8H2,1H3. The highest BCUT2D eigenvalue weighted by atomic mass is 32.2. The van der Waals surface area contributed by atoms with Crippen molar-refractivity contribution in [3.05, 3.63) is 30.1 Å². The zero-order chi connectivity index (χ0) is 14.0. The molecule has 5 heteroatoms. The minimum Gasteiger partial charge on any atom is -0.223 e. The van der Waals surface area contributed by atoms with Gasteiger partial charge in [0.25, 0.3) is 0 Å². The predicted molar refractivity (Wildman–Crippen MR) is 69.5 cm³/mol. The summed E-state index contributed by atoms with van der Waals surface area (Å²) in [5.74, 6) is -1.03. The first-order valence-electron chi connectivity index (χ1n) is 6.35. The summed E-state index contributed by atoms with van der Waals surface area (Å²) in [6.45, 7) is 1.97. The van der Waals surface area contributed by atoms with Gasteiger partial charge in [-0.3, -0.25) is 0 Å². The van der Waals surface area contributed by atoms with Crippen LogP contribution in [0.5, 0.6) is 0 Å². The molecular formula is C14H16FNO2S. The Morgan fingerprint density at radius 1 is 1.32 bits per heavy atom. The maximum atomic E-state index is 13.7. The lowest BCUT2D eigenvalue weighted by Crippen LogP contribution is -2.35. The second kappa shape index (κ2) is 5.30. The van der Waals surface area contributed by atoms with Crippen LogP contribution in [0, 0.1) is 29.0 Å². The number of benzene rings is 1. The fraction of sp³-hybridized carbons (Fsp3) is 0.500. The summed E-state index contributed by atoms with van der Waals surface area (Å²) in [6, 6.07) is 7.45. The Labute approximate surface area is 113 Å². The van der Waals surface area contributed by atoms with E-state index in [4.69, 9.17) is 5.26 Å². The quantitative estimate of drug-likeness (QED) is 0.837. The summed E-state index contributed by atoms with van der Waals surface area (Å²) in [7, 11) is -3.78. The van der Waals surface area contributed by atoms with Crippen molar-refractivity contribution in [1.29, 1.82) is 5.26 Å². The van der Waals surface area contributed by atoms with Gasteiger partial charge in [0.1, 0.15) is 10.7 Å². The molecule has 1 aliphatic rings. The van der Waals surface area contributed by atoms with Gasteiger partial charge in [-0.2, -0.15) is 5.26 Å². The van der Waals surface area contributed by atoms with E-state index in [2.05, 4.69) is 6.07 Å². The molecule has 0 N–H and O–H groups in total. The summed E-state index contributed by atoms with van der Waals surface area (Å²) < 4.78 is 38.8. The van der Waals surface area contributed by atoms with Crippen LogP contribution in [0.1, 0.15) is 26.2 Å². The lowest BCUT2D eigenvalue weighted by molar-refractivity contribution is 0.334. The SMILES string of the molecule is CC1CCC(C#N)C(S(=O)(=O)c2ccccc2F)C1. The second-order valence-electron chi connectivity index (χ2n) is 5.17. The summed E-state index contributed by atoms with van der Waals surface area (Å²) in [5.41, 5.74) is 0. The monoisotopic (exact) mass is 281 g/mol. The van der Waals surface area contributed by atoms with Crippen LogP contribution in [-0.4, -0.2) is 13.7 Å². The number of hydrogen-bond acceptors (Lipinski definition) is 3. The molecule has 0 aliphatic heterocycles. The zero-order valence-corrected chi connectivity index (χ0v) is 11.5. The molecule has 1 fully saturated rings. The average molecular weight is 281 g/mol. The average Bonchev–Trinajstić information content (AvgIpc) is 2.39. The van der Waals surface area contributed by atoms with E-state index in [9.17, 15) is 12.8 Å². The van der Waals surface area contributed by atoms with E-state index in [0.717, 1.165) is 12.5 Å². The van der Waals surface area contributed by atoms with E-state index in [0.29, 0.717) is 12.8 Å². The highest BCUT2D eigenvalue weighted by Gasteiger charge is 2.39. The summed E-state index contributed by atoms with van der Waals surface area (Å²) in [4.78, 5) is -0.283. The van der Waals surface area contributed by atoms with E-state index in [-0.39, 0.29) is 10.8 Å². The van der Waals surface area contributed by atoms with Crippen molar-refractivity contribution in [3.8, 4) is 6.07 Å². The molecule has 0 saturated heterocycles. The largest absolute Gasteiger partial charge is 0.223 e. The fourth-order valence-corrected chi connectivity index (χ4v) is 4.80. The van der Waals surface area contributed by atoms with Crippen molar-refractivity contribution >= 4 is 9.84 Å². The van der Waals surface area contributed by atoms with Crippen LogP contribution in [-0.2, 0) is 9.84 Å². The Morgan fingerprint density at radius 3 is 2.63 bits per heavy atom. The molecule has 102 valence electrons. The summed E-state index contributed by atoms with van der Waals surface area (Å²) in [6.07, 6.45) is 1.84. The van der Waals surface area contributed by atoms with E-state index >= 15 is 0 Å². The van der Waals surface area contributed by atoms with E-state index in [1.54, 1.807) is 0 Å². The third-order valence-electron chi connectivity index (χ3n) is 3.76. The highest BCUT2D eigenvalue weighted by molar-refractivity contribution is 7.92. The lowest BCUT2D eigenvalue weighted by Gasteiger charge is -2.30. The number of nitriles is 1. The third kappa shape index (κ3) is 2.64. The van der Waals surface area contributed by atoms with Crippen molar-refractivity contribution < 1.29 is 12.8 Å². The van der Waals surface area contributed by atoms with Crippen LogP contribution in [0.25, 0.3) is 0 Å². The second-order valence-corrected chi connectivity index (χ2v) is 7.30. The molecule has 0 bridgehead atoms. The number of nitrogens with zero attached hydrogens (tertiary/aromatic N) is 1. The van der Waals surface area contributed by atoms with Crippen molar-refractivity contribution in [2.24, 2.45) is 11.8 Å². The molecule has 0 spiro atoms. The van der Waals surface area contributed by atoms with Gasteiger partial charge in [-0.05, 0) is 37.3 Å². The lowest BCUT2D eigenvalue weighted by atomic mass is 9.83. The Kier molecular flexibility index (Phi) is 3.91. The third-order valence-corrected chi connectivity index (χ3v) is 6.02. The fourth-order valence-electron chi connectivity index (χ4n) is 2.66. The van der Waals surface area contributed by atoms with Gasteiger partial charge < -0.3 is 0 Å². The van der Waals surface area contributed by atoms with E-state index in [1.807, 2.05) is 6.92 Å². The van der Waals surface area contributed by atoms with Crippen LogP contribution in [0.4, 0.5) is 4.39 Å². The first-order chi connectivity index (χ1) is 8.96. The minimum atomic E-state index is -3.78. The molecule has 1 saturated carbocycles. The number of sulfone groups is 1. The van der Waals surface area contributed by atoms with Crippen molar-refractivity contribution in [2.45, 2.75) is 36.3 Å². The molecule has 0 radical (unpaired) electrons. The molecule has 2 rings (SSSR count). The molecule has 0 heterocycles. The molecule has 3 atom stereocenters. The van der Waals surface area contributed by atoms with E-state index < -0.39 is 26.8 Å². The topological polar surface area (TPSA) is 57.9 Å². The molecule has 1 aromatic carbocycles. The van der Waals surface area contributed by atoms with Crippen molar-refractivity contribution in [2.75, 3.05) is 0 Å². The predicted octanol–water partition coefficient (Wildman–Crippen LogP) is 2.93. The van der Waals surface area contributed by atoms with Crippen LogP contribution in [0.15, 0.2) is 29.2 Å².